The molecule has 1 N–H and O–H groups in total. The van der Waals surface area contributed by atoms with Crippen molar-refractivity contribution in [2.24, 2.45) is 0 Å². The minimum Gasteiger partial charge on any atom is -0.507 e. The highest BCUT2D eigenvalue weighted by atomic mass is 16.5. The molecule has 0 aliphatic rings. The van der Waals surface area contributed by atoms with Gasteiger partial charge in [0.2, 0.25) is 0 Å². The van der Waals surface area contributed by atoms with Crippen LogP contribution in [0.1, 0.15) is 30.9 Å². The Balaban J connectivity index is 2.83. The van der Waals surface area contributed by atoms with Crippen LogP contribution in [0.25, 0.3) is 0 Å². The summed E-state index contributed by atoms with van der Waals surface area (Å²) in [6, 6.07) is 3.33. The van der Waals surface area contributed by atoms with E-state index in [-0.39, 0.29) is 11.7 Å². The second-order valence-corrected chi connectivity index (χ2v) is 3.63. The maximum atomic E-state index is 11.2. The van der Waals surface area contributed by atoms with Crippen LogP contribution in [0.4, 0.5) is 0 Å². The fourth-order valence-corrected chi connectivity index (χ4v) is 1.36. The molecule has 1 aromatic rings. The van der Waals surface area contributed by atoms with E-state index in [1.54, 1.807) is 26.0 Å². The number of aromatic hydroxyl groups is 1. The zero-order valence-electron chi connectivity index (χ0n) is 9.33. The van der Waals surface area contributed by atoms with Crippen LogP contribution in [0.2, 0.25) is 0 Å². The Morgan fingerprint density at radius 2 is 1.87 bits per heavy atom. The van der Waals surface area contributed by atoms with E-state index in [0.717, 1.165) is 6.42 Å². The topological polar surface area (TPSA) is 46.5 Å². The van der Waals surface area contributed by atoms with E-state index in [4.69, 9.17) is 4.74 Å². The molecule has 82 valence electrons. The molecule has 1 aromatic carbocycles. The molecule has 0 unspecified atom stereocenters. The number of carbonyl (C=O) groups excluding carboxylic acids is 1. The van der Waals surface area contributed by atoms with Gasteiger partial charge in [0.05, 0.1) is 0 Å². The summed E-state index contributed by atoms with van der Waals surface area (Å²) in [7, 11) is 0. The second kappa shape index (κ2) is 4.82. The van der Waals surface area contributed by atoms with Gasteiger partial charge in [-0.1, -0.05) is 6.92 Å². The van der Waals surface area contributed by atoms with E-state index in [1.165, 1.54) is 0 Å². The monoisotopic (exact) mass is 208 g/mol. The van der Waals surface area contributed by atoms with E-state index in [9.17, 15) is 9.90 Å². The van der Waals surface area contributed by atoms with Crippen LogP contribution in [-0.4, -0.2) is 11.1 Å². The van der Waals surface area contributed by atoms with Crippen LogP contribution in [0.5, 0.6) is 11.5 Å². The third-order valence-electron chi connectivity index (χ3n) is 2.15. The quantitative estimate of drug-likeness (QED) is 0.613. The van der Waals surface area contributed by atoms with E-state index in [1.807, 2.05) is 6.92 Å². The first-order chi connectivity index (χ1) is 7.04. The Labute approximate surface area is 89.7 Å². The average Bonchev–Trinajstić information content (AvgIpc) is 2.14. The first-order valence-electron chi connectivity index (χ1n) is 5.05. The zero-order chi connectivity index (χ0) is 11.4. The van der Waals surface area contributed by atoms with Crippen LogP contribution >= 0.6 is 0 Å². The molecule has 0 bridgehead atoms. The van der Waals surface area contributed by atoms with Crippen molar-refractivity contribution in [3.05, 3.63) is 23.3 Å². The van der Waals surface area contributed by atoms with Crippen LogP contribution in [0.3, 0.4) is 0 Å². The van der Waals surface area contributed by atoms with Crippen molar-refractivity contribution >= 4 is 5.97 Å². The van der Waals surface area contributed by atoms with Crippen molar-refractivity contribution in [1.82, 2.24) is 0 Å². The highest BCUT2D eigenvalue weighted by molar-refractivity contribution is 5.72. The number of rotatable bonds is 3. The lowest BCUT2D eigenvalue weighted by molar-refractivity contribution is -0.134. The molecule has 0 aromatic heterocycles. The molecule has 0 fully saturated rings. The maximum absolute atomic E-state index is 11.2. The number of esters is 1. The molecule has 0 aliphatic heterocycles. The number of hydrogen-bond donors (Lipinski definition) is 1. The van der Waals surface area contributed by atoms with Gasteiger partial charge < -0.3 is 9.84 Å². The maximum Gasteiger partial charge on any atom is 0.311 e. The Morgan fingerprint density at radius 1 is 1.33 bits per heavy atom. The van der Waals surface area contributed by atoms with Gasteiger partial charge >= 0.3 is 5.97 Å². The lowest BCUT2D eigenvalue weighted by atomic mass is 10.1. The molecule has 3 heteroatoms. The number of hydrogen-bond acceptors (Lipinski definition) is 3. The lowest BCUT2D eigenvalue weighted by Crippen LogP contribution is -2.07. The Kier molecular flexibility index (Phi) is 3.72. The van der Waals surface area contributed by atoms with Gasteiger partial charge in [-0.05, 0) is 43.5 Å². The summed E-state index contributed by atoms with van der Waals surface area (Å²) in [5, 5.41) is 9.53. The largest absolute Gasteiger partial charge is 0.507 e. The van der Waals surface area contributed by atoms with Gasteiger partial charge in [-0.2, -0.15) is 0 Å². The van der Waals surface area contributed by atoms with E-state index >= 15 is 0 Å². The highest BCUT2D eigenvalue weighted by Gasteiger charge is 2.07. The van der Waals surface area contributed by atoms with Crippen molar-refractivity contribution in [2.45, 2.75) is 33.6 Å². The van der Waals surface area contributed by atoms with Crippen molar-refractivity contribution in [1.29, 1.82) is 0 Å². The minimum atomic E-state index is -0.234. The minimum absolute atomic E-state index is 0.234. The fourth-order valence-electron chi connectivity index (χ4n) is 1.36. The number of phenolic OH excluding ortho intramolecular Hbond substituents is 1. The molecule has 0 aliphatic carbocycles. The molecule has 3 nitrogen and oxygen atoms in total. The first-order valence-corrected chi connectivity index (χ1v) is 5.05. The molecular weight excluding hydrogens is 192 g/mol. The van der Waals surface area contributed by atoms with Gasteiger partial charge in [0.1, 0.15) is 11.5 Å². The van der Waals surface area contributed by atoms with Crippen molar-refractivity contribution < 1.29 is 14.6 Å². The van der Waals surface area contributed by atoms with Gasteiger partial charge in [-0.3, -0.25) is 4.79 Å². The molecule has 0 spiro atoms. The number of aryl methyl sites for hydroxylation is 2. The van der Waals surface area contributed by atoms with Crippen LogP contribution in [0.15, 0.2) is 12.1 Å². The summed E-state index contributed by atoms with van der Waals surface area (Å²) >= 11 is 0. The summed E-state index contributed by atoms with van der Waals surface area (Å²) in [5.74, 6) is 0.522. The number of benzene rings is 1. The predicted molar refractivity (Wildman–Crippen MR) is 58.1 cm³/mol. The first kappa shape index (κ1) is 11.6. The molecule has 0 radical (unpaired) electrons. The SMILES string of the molecule is CCCC(=O)Oc1cc(C)c(O)c(C)c1. The summed E-state index contributed by atoms with van der Waals surface area (Å²) in [6.07, 6.45) is 1.19. The zero-order valence-corrected chi connectivity index (χ0v) is 9.33. The summed E-state index contributed by atoms with van der Waals surface area (Å²) < 4.78 is 5.12. The molecule has 1 rings (SSSR count). The Morgan fingerprint density at radius 3 is 2.33 bits per heavy atom. The van der Waals surface area contributed by atoms with Crippen LogP contribution in [0, 0.1) is 13.8 Å². The number of carbonyl (C=O) groups is 1. The van der Waals surface area contributed by atoms with Gasteiger partial charge in [-0.25, -0.2) is 0 Å². The van der Waals surface area contributed by atoms with E-state index in [0.29, 0.717) is 23.3 Å². The van der Waals surface area contributed by atoms with Crippen molar-refractivity contribution in [3.8, 4) is 11.5 Å². The second-order valence-electron chi connectivity index (χ2n) is 3.63. The predicted octanol–water partition coefficient (Wildman–Crippen LogP) is 2.71. The smallest absolute Gasteiger partial charge is 0.311 e. The van der Waals surface area contributed by atoms with E-state index in [2.05, 4.69) is 0 Å². The number of phenols is 1. The van der Waals surface area contributed by atoms with Crippen LogP contribution in [-0.2, 0) is 4.79 Å². The normalized spacial score (nSPS) is 10.1. The fraction of sp³-hybridized carbons (Fsp3) is 0.417. The number of ether oxygens (including phenoxy) is 1. The molecular formula is C12H16O3. The third-order valence-corrected chi connectivity index (χ3v) is 2.15. The van der Waals surface area contributed by atoms with Crippen molar-refractivity contribution in [3.63, 3.8) is 0 Å². The summed E-state index contributed by atoms with van der Waals surface area (Å²) in [5.41, 5.74) is 1.43. The Bertz CT molecular complexity index is 346. The third kappa shape index (κ3) is 2.98. The van der Waals surface area contributed by atoms with Gasteiger partial charge in [0.25, 0.3) is 0 Å². The van der Waals surface area contributed by atoms with Crippen LogP contribution < -0.4 is 4.74 Å². The summed E-state index contributed by atoms with van der Waals surface area (Å²) in [6.45, 7) is 5.48. The molecule has 0 saturated carbocycles. The standard InChI is InChI=1S/C12H16O3/c1-4-5-11(13)15-10-6-8(2)12(14)9(3)7-10/h6-7,14H,4-5H2,1-3H3. The Hall–Kier alpha value is -1.51. The highest BCUT2D eigenvalue weighted by Crippen LogP contribution is 2.27. The van der Waals surface area contributed by atoms with Gasteiger partial charge in [0.15, 0.2) is 0 Å². The lowest BCUT2D eigenvalue weighted by Gasteiger charge is -2.08. The van der Waals surface area contributed by atoms with E-state index < -0.39 is 0 Å². The molecule has 0 amide bonds. The van der Waals surface area contributed by atoms with Gasteiger partial charge in [0, 0.05) is 6.42 Å². The molecule has 15 heavy (non-hydrogen) atoms. The molecule has 0 atom stereocenters. The van der Waals surface area contributed by atoms with Gasteiger partial charge in [-0.15, -0.1) is 0 Å². The average molecular weight is 208 g/mol. The molecule has 0 heterocycles. The molecule has 0 saturated heterocycles. The van der Waals surface area contributed by atoms with Crippen molar-refractivity contribution in [2.75, 3.05) is 0 Å². The summed E-state index contributed by atoms with van der Waals surface area (Å²) in [4.78, 5) is 11.2.